The lowest BCUT2D eigenvalue weighted by atomic mass is 10.2. The van der Waals surface area contributed by atoms with Crippen LogP contribution < -0.4 is 10.6 Å². The molecule has 2 aromatic rings. The number of halogens is 1. The molecule has 8 heteroatoms. The van der Waals surface area contributed by atoms with Crippen LogP contribution in [0.3, 0.4) is 0 Å². The van der Waals surface area contributed by atoms with Gasteiger partial charge in [0.05, 0.1) is 17.4 Å². The van der Waals surface area contributed by atoms with E-state index in [2.05, 4.69) is 20.8 Å². The minimum atomic E-state index is -1.17. The van der Waals surface area contributed by atoms with Gasteiger partial charge in [0.15, 0.2) is 0 Å². The molecule has 0 atom stereocenters. The molecule has 2 rings (SSSR count). The maximum Gasteiger partial charge on any atom is 0.337 e. The van der Waals surface area contributed by atoms with E-state index in [9.17, 15) is 9.59 Å². The zero-order chi connectivity index (χ0) is 15.4. The summed E-state index contributed by atoms with van der Waals surface area (Å²) in [6, 6.07) is 3.71. The maximum atomic E-state index is 11.8. The summed E-state index contributed by atoms with van der Waals surface area (Å²) in [7, 11) is 0. The monoisotopic (exact) mass is 308 g/mol. The summed E-state index contributed by atoms with van der Waals surface area (Å²) >= 11 is 5.74. The summed E-state index contributed by atoms with van der Waals surface area (Å²) in [6.45, 7) is 2.12. The van der Waals surface area contributed by atoms with Crippen LogP contribution in [0.15, 0.2) is 24.4 Å². The Kier molecular flexibility index (Phi) is 4.44. The van der Waals surface area contributed by atoms with Gasteiger partial charge in [0.1, 0.15) is 0 Å². The summed E-state index contributed by atoms with van der Waals surface area (Å²) < 4.78 is 0. The number of carboxylic acids is 1. The summed E-state index contributed by atoms with van der Waals surface area (Å²) in [5.41, 5.74) is 1.80. The van der Waals surface area contributed by atoms with E-state index < -0.39 is 12.0 Å². The molecule has 110 valence electrons. The van der Waals surface area contributed by atoms with Crippen molar-refractivity contribution in [1.29, 1.82) is 0 Å². The van der Waals surface area contributed by atoms with Gasteiger partial charge in [-0.15, -0.1) is 0 Å². The summed E-state index contributed by atoms with van der Waals surface area (Å²) in [4.78, 5) is 22.9. The standard InChI is InChI=1S/C13H13ClN4O3/c1-7-8(6-16-18-7)5-15-13(21)17-11-3-2-9(14)4-10(11)12(19)20/h2-4,6H,5H2,1H3,(H,16,18)(H,19,20)(H2,15,17,21). The molecule has 4 N–H and O–H groups in total. The van der Waals surface area contributed by atoms with Gasteiger partial charge in [-0.3, -0.25) is 5.10 Å². The molecule has 0 aliphatic rings. The predicted molar refractivity (Wildman–Crippen MR) is 77.6 cm³/mol. The number of aromatic nitrogens is 2. The molecule has 0 bridgehead atoms. The minimum absolute atomic E-state index is 0.0721. The van der Waals surface area contributed by atoms with Crippen LogP contribution in [0.25, 0.3) is 0 Å². The number of hydrogen-bond donors (Lipinski definition) is 4. The van der Waals surface area contributed by atoms with Gasteiger partial charge in [-0.25, -0.2) is 9.59 Å². The highest BCUT2D eigenvalue weighted by Gasteiger charge is 2.13. The molecule has 0 saturated heterocycles. The fourth-order valence-corrected chi connectivity index (χ4v) is 1.87. The Labute approximate surface area is 125 Å². The first kappa shape index (κ1) is 14.9. The van der Waals surface area contributed by atoms with Crippen LogP contribution in [-0.4, -0.2) is 27.3 Å². The van der Waals surface area contributed by atoms with Crippen molar-refractivity contribution < 1.29 is 14.7 Å². The van der Waals surface area contributed by atoms with Crippen molar-refractivity contribution in [2.75, 3.05) is 5.32 Å². The van der Waals surface area contributed by atoms with Gasteiger partial charge in [0, 0.05) is 22.8 Å². The molecular formula is C13H13ClN4O3. The first-order chi connectivity index (χ1) is 9.97. The van der Waals surface area contributed by atoms with Crippen LogP contribution in [0.5, 0.6) is 0 Å². The number of nitrogens with one attached hydrogen (secondary N) is 3. The normalized spacial score (nSPS) is 10.2. The number of urea groups is 1. The van der Waals surface area contributed by atoms with Crippen molar-refractivity contribution in [3.05, 3.63) is 46.2 Å². The van der Waals surface area contributed by atoms with E-state index >= 15 is 0 Å². The highest BCUT2D eigenvalue weighted by Crippen LogP contribution is 2.20. The average Bonchev–Trinajstić information content (AvgIpc) is 2.84. The highest BCUT2D eigenvalue weighted by atomic mass is 35.5. The fraction of sp³-hybridized carbons (Fsp3) is 0.154. The predicted octanol–water partition coefficient (Wildman–Crippen LogP) is 2.39. The largest absolute Gasteiger partial charge is 0.478 e. The topological polar surface area (TPSA) is 107 Å². The molecule has 7 nitrogen and oxygen atoms in total. The van der Waals surface area contributed by atoms with Crippen LogP contribution in [0.4, 0.5) is 10.5 Å². The zero-order valence-electron chi connectivity index (χ0n) is 11.1. The molecule has 0 saturated carbocycles. The van der Waals surface area contributed by atoms with E-state index in [1.807, 2.05) is 6.92 Å². The van der Waals surface area contributed by atoms with E-state index in [1.165, 1.54) is 18.2 Å². The molecular weight excluding hydrogens is 296 g/mol. The molecule has 21 heavy (non-hydrogen) atoms. The lowest BCUT2D eigenvalue weighted by Crippen LogP contribution is -2.29. The van der Waals surface area contributed by atoms with Crippen LogP contribution in [0.2, 0.25) is 5.02 Å². The second-order valence-corrected chi connectivity index (χ2v) is 4.76. The Morgan fingerprint density at radius 2 is 2.19 bits per heavy atom. The van der Waals surface area contributed by atoms with Crippen molar-refractivity contribution in [2.24, 2.45) is 0 Å². The number of benzene rings is 1. The summed E-state index contributed by atoms with van der Waals surface area (Å²) in [5, 5.41) is 21.1. The van der Waals surface area contributed by atoms with Crippen LogP contribution in [-0.2, 0) is 6.54 Å². The Morgan fingerprint density at radius 3 is 2.81 bits per heavy atom. The number of aryl methyl sites for hydroxylation is 1. The summed E-state index contributed by atoms with van der Waals surface area (Å²) in [6.07, 6.45) is 1.61. The van der Waals surface area contributed by atoms with Crippen LogP contribution >= 0.6 is 11.6 Å². The Hall–Kier alpha value is -2.54. The molecule has 0 spiro atoms. The maximum absolute atomic E-state index is 11.8. The third-order valence-corrected chi connectivity index (χ3v) is 3.07. The first-order valence-corrected chi connectivity index (χ1v) is 6.41. The lowest BCUT2D eigenvalue weighted by molar-refractivity contribution is 0.0698. The van der Waals surface area contributed by atoms with Gasteiger partial charge in [0.25, 0.3) is 0 Å². The van der Waals surface area contributed by atoms with Crippen molar-refractivity contribution in [2.45, 2.75) is 13.5 Å². The quantitative estimate of drug-likeness (QED) is 0.695. The Bertz CT molecular complexity index is 684. The van der Waals surface area contributed by atoms with Gasteiger partial charge in [-0.2, -0.15) is 5.10 Å². The molecule has 1 aromatic carbocycles. The minimum Gasteiger partial charge on any atom is -0.478 e. The molecule has 2 amide bonds. The van der Waals surface area contributed by atoms with Crippen molar-refractivity contribution in [1.82, 2.24) is 15.5 Å². The SMILES string of the molecule is Cc1[nH]ncc1CNC(=O)Nc1ccc(Cl)cc1C(=O)O. The molecule has 1 heterocycles. The van der Waals surface area contributed by atoms with Crippen molar-refractivity contribution >= 4 is 29.3 Å². The molecule has 1 aromatic heterocycles. The zero-order valence-corrected chi connectivity index (χ0v) is 11.9. The molecule has 0 fully saturated rings. The van der Waals surface area contributed by atoms with E-state index in [0.717, 1.165) is 11.3 Å². The molecule has 0 radical (unpaired) electrons. The number of hydrogen-bond acceptors (Lipinski definition) is 3. The first-order valence-electron chi connectivity index (χ1n) is 6.04. The van der Waals surface area contributed by atoms with E-state index in [4.69, 9.17) is 16.7 Å². The van der Waals surface area contributed by atoms with Gasteiger partial charge in [-0.05, 0) is 25.1 Å². The highest BCUT2D eigenvalue weighted by molar-refractivity contribution is 6.31. The molecule has 0 unspecified atom stereocenters. The third-order valence-electron chi connectivity index (χ3n) is 2.83. The van der Waals surface area contributed by atoms with Gasteiger partial charge >= 0.3 is 12.0 Å². The molecule has 0 aliphatic carbocycles. The number of amides is 2. The number of nitrogens with zero attached hydrogens (tertiary/aromatic N) is 1. The Morgan fingerprint density at radius 1 is 1.43 bits per heavy atom. The van der Waals surface area contributed by atoms with E-state index in [1.54, 1.807) is 6.20 Å². The van der Waals surface area contributed by atoms with Crippen LogP contribution in [0, 0.1) is 6.92 Å². The number of carbonyl (C=O) groups is 2. The van der Waals surface area contributed by atoms with Gasteiger partial charge < -0.3 is 15.7 Å². The summed E-state index contributed by atoms with van der Waals surface area (Å²) in [5.74, 6) is -1.17. The number of carbonyl (C=O) groups excluding carboxylic acids is 1. The Balaban J connectivity index is 2.03. The van der Waals surface area contributed by atoms with Crippen molar-refractivity contribution in [3.8, 4) is 0 Å². The van der Waals surface area contributed by atoms with Crippen molar-refractivity contribution in [3.63, 3.8) is 0 Å². The fourth-order valence-electron chi connectivity index (χ4n) is 1.70. The van der Waals surface area contributed by atoms with Gasteiger partial charge in [0.2, 0.25) is 0 Å². The lowest BCUT2D eigenvalue weighted by Gasteiger charge is -2.10. The number of carboxylic acid groups (broad SMARTS) is 1. The van der Waals surface area contributed by atoms with E-state index in [0.29, 0.717) is 0 Å². The average molecular weight is 309 g/mol. The number of aromatic amines is 1. The second-order valence-electron chi connectivity index (χ2n) is 4.32. The number of anilines is 1. The third kappa shape index (κ3) is 3.73. The smallest absolute Gasteiger partial charge is 0.337 e. The van der Waals surface area contributed by atoms with Gasteiger partial charge in [-0.1, -0.05) is 11.6 Å². The number of H-pyrrole nitrogens is 1. The number of aromatic carboxylic acids is 1. The van der Waals surface area contributed by atoms with Crippen LogP contribution in [0.1, 0.15) is 21.6 Å². The number of rotatable bonds is 4. The second kappa shape index (κ2) is 6.27. The molecule has 0 aliphatic heterocycles. The van der Waals surface area contributed by atoms with E-state index in [-0.39, 0.29) is 22.8 Å².